The molecule has 0 radical (unpaired) electrons. The highest BCUT2D eigenvalue weighted by Gasteiger charge is 2.38. The molecule has 1 aliphatic rings. The zero-order valence-corrected chi connectivity index (χ0v) is 15.5. The Balaban J connectivity index is 2.06. The smallest absolute Gasteiger partial charge is 0.243 e. The maximum absolute atomic E-state index is 13.2. The molecular formula is C19H23NO4S. The Morgan fingerprint density at radius 1 is 1.00 bits per heavy atom. The molecule has 2 aromatic rings. The van der Waals surface area contributed by atoms with Gasteiger partial charge in [0.2, 0.25) is 10.0 Å². The first-order valence-electron chi connectivity index (χ1n) is 8.28. The van der Waals surface area contributed by atoms with Crippen molar-refractivity contribution in [2.45, 2.75) is 30.7 Å². The minimum atomic E-state index is -3.58. The number of sulfonamides is 1. The molecule has 0 aliphatic carbocycles. The summed E-state index contributed by atoms with van der Waals surface area (Å²) in [5.41, 5.74) is 1.82. The highest BCUT2D eigenvalue weighted by atomic mass is 32.2. The van der Waals surface area contributed by atoms with E-state index in [9.17, 15) is 8.42 Å². The van der Waals surface area contributed by atoms with Gasteiger partial charge in [-0.05, 0) is 44.0 Å². The highest BCUT2D eigenvalue weighted by molar-refractivity contribution is 7.89. The number of hydrogen-bond acceptors (Lipinski definition) is 4. The summed E-state index contributed by atoms with van der Waals surface area (Å²) in [6, 6.07) is 12.2. The number of hydrogen-bond donors (Lipinski definition) is 0. The molecule has 1 unspecified atom stereocenters. The lowest BCUT2D eigenvalue weighted by atomic mass is 10.0. The Morgan fingerprint density at radius 2 is 1.60 bits per heavy atom. The van der Waals surface area contributed by atoms with Crippen LogP contribution in [0.25, 0.3) is 0 Å². The van der Waals surface area contributed by atoms with Crippen molar-refractivity contribution in [2.24, 2.45) is 0 Å². The summed E-state index contributed by atoms with van der Waals surface area (Å²) in [7, 11) is -0.402. The van der Waals surface area contributed by atoms with Crippen molar-refractivity contribution in [3.05, 3.63) is 53.6 Å². The van der Waals surface area contributed by atoms with Gasteiger partial charge < -0.3 is 9.47 Å². The number of ether oxygens (including phenoxy) is 2. The Labute approximate surface area is 149 Å². The Hall–Kier alpha value is -2.05. The number of benzene rings is 2. The van der Waals surface area contributed by atoms with E-state index in [2.05, 4.69) is 0 Å². The van der Waals surface area contributed by atoms with E-state index in [1.165, 1.54) is 0 Å². The summed E-state index contributed by atoms with van der Waals surface area (Å²) in [6.45, 7) is 2.43. The lowest BCUT2D eigenvalue weighted by molar-refractivity contribution is 0.343. The summed E-state index contributed by atoms with van der Waals surface area (Å²) in [5.74, 6) is 1.30. The van der Waals surface area contributed by atoms with Crippen LogP contribution in [0, 0.1) is 6.92 Å². The molecule has 0 aromatic heterocycles. The average molecular weight is 361 g/mol. The van der Waals surface area contributed by atoms with Gasteiger partial charge in [0, 0.05) is 6.54 Å². The molecular weight excluding hydrogens is 338 g/mol. The maximum Gasteiger partial charge on any atom is 0.243 e. The largest absolute Gasteiger partial charge is 0.496 e. The van der Waals surface area contributed by atoms with E-state index in [-0.39, 0.29) is 6.04 Å². The van der Waals surface area contributed by atoms with Crippen LogP contribution in [-0.2, 0) is 10.0 Å². The molecule has 0 saturated carbocycles. The van der Waals surface area contributed by atoms with Gasteiger partial charge in [0.15, 0.2) is 0 Å². The molecule has 25 heavy (non-hydrogen) atoms. The van der Waals surface area contributed by atoms with Crippen molar-refractivity contribution in [1.29, 1.82) is 0 Å². The first-order valence-corrected chi connectivity index (χ1v) is 9.72. The summed E-state index contributed by atoms with van der Waals surface area (Å²) < 4.78 is 38.9. The van der Waals surface area contributed by atoms with Gasteiger partial charge >= 0.3 is 0 Å². The molecule has 1 atom stereocenters. The summed E-state index contributed by atoms with van der Waals surface area (Å²) in [4.78, 5) is 0.318. The van der Waals surface area contributed by atoms with Crippen molar-refractivity contribution in [3.63, 3.8) is 0 Å². The number of rotatable bonds is 5. The fraction of sp³-hybridized carbons (Fsp3) is 0.368. The maximum atomic E-state index is 13.2. The standard InChI is InChI=1S/C19H23NO4S/c1-14-9-11-15(12-10-14)25(21,22)20-13-5-6-16(20)19-17(23-2)7-4-8-18(19)24-3/h4,7-12,16H,5-6,13H2,1-3H3. The fourth-order valence-corrected chi connectivity index (χ4v) is 5.04. The molecule has 6 heteroatoms. The van der Waals surface area contributed by atoms with Crippen LogP contribution in [-0.4, -0.2) is 33.5 Å². The molecule has 1 aliphatic heterocycles. The second-order valence-corrected chi connectivity index (χ2v) is 8.05. The van der Waals surface area contributed by atoms with Gasteiger partial charge in [0.1, 0.15) is 11.5 Å². The van der Waals surface area contributed by atoms with E-state index in [0.717, 1.165) is 24.0 Å². The van der Waals surface area contributed by atoms with Crippen LogP contribution in [0.2, 0.25) is 0 Å². The van der Waals surface area contributed by atoms with E-state index in [0.29, 0.717) is 22.9 Å². The normalized spacial score (nSPS) is 18.3. The minimum Gasteiger partial charge on any atom is -0.496 e. The second-order valence-electron chi connectivity index (χ2n) is 6.16. The molecule has 0 spiro atoms. The van der Waals surface area contributed by atoms with E-state index < -0.39 is 10.0 Å². The van der Waals surface area contributed by atoms with Crippen molar-refractivity contribution in [3.8, 4) is 11.5 Å². The predicted octanol–water partition coefficient (Wildman–Crippen LogP) is 3.54. The lowest BCUT2D eigenvalue weighted by Gasteiger charge is -2.27. The number of aryl methyl sites for hydroxylation is 1. The number of nitrogens with zero attached hydrogens (tertiary/aromatic N) is 1. The van der Waals surface area contributed by atoms with Gasteiger partial charge in [0.05, 0.1) is 30.7 Å². The summed E-state index contributed by atoms with van der Waals surface area (Å²) in [5, 5.41) is 0. The minimum absolute atomic E-state index is 0.294. The quantitative estimate of drug-likeness (QED) is 0.817. The van der Waals surface area contributed by atoms with Crippen LogP contribution >= 0.6 is 0 Å². The summed E-state index contributed by atoms with van der Waals surface area (Å²) >= 11 is 0. The van der Waals surface area contributed by atoms with Gasteiger partial charge in [-0.15, -0.1) is 0 Å². The van der Waals surface area contributed by atoms with Gasteiger partial charge in [-0.2, -0.15) is 4.31 Å². The van der Waals surface area contributed by atoms with Crippen LogP contribution in [0.3, 0.4) is 0 Å². The third-order valence-corrected chi connectivity index (χ3v) is 6.55. The average Bonchev–Trinajstić information content (AvgIpc) is 3.11. The van der Waals surface area contributed by atoms with Crippen molar-refractivity contribution in [1.82, 2.24) is 4.31 Å². The first-order chi connectivity index (χ1) is 12.0. The SMILES string of the molecule is COc1cccc(OC)c1C1CCCN1S(=O)(=O)c1ccc(C)cc1. The van der Waals surface area contributed by atoms with E-state index in [1.54, 1.807) is 30.7 Å². The zero-order valence-electron chi connectivity index (χ0n) is 14.7. The van der Waals surface area contributed by atoms with Gasteiger partial charge in [0.25, 0.3) is 0 Å². The molecule has 2 aromatic carbocycles. The number of methoxy groups -OCH3 is 2. The molecule has 1 fully saturated rings. The first kappa shape index (κ1) is 17.8. The van der Waals surface area contributed by atoms with Crippen molar-refractivity contribution in [2.75, 3.05) is 20.8 Å². The molecule has 0 N–H and O–H groups in total. The van der Waals surface area contributed by atoms with Crippen LogP contribution in [0.1, 0.15) is 30.0 Å². The van der Waals surface area contributed by atoms with Crippen LogP contribution in [0.4, 0.5) is 0 Å². The third-order valence-electron chi connectivity index (χ3n) is 4.63. The zero-order chi connectivity index (χ0) is 18.0. The molecule has 0 amide bonds. The highest BCUT2D eigenvalue weighted by Crippen LogP contribution is 2.44. The Morgan fingerprint density at radius 3 is 2.16 bits per heavy atom. The van der Waals surface area contributed by atoms with E-state index in [4.69, 9.17) is 9.47 Å². The third kappa shape index (κ3) is 3.24. The predicted molar refractivity (Wildman–Crippen MR) is 96.6 cm³/mol. The van der Waals surface area contributed by atoms with E-state index >= 15 is 0 Å². The molecule has 3 rings (SSSR count). The molecule has 5 nitrogen and oxygen atoms in total. The van der Waals surface area contributed by atoms with Crippen LogP contribution < -0.4 is 9.47 Å². The second kappa shape index (κ2) is 7.06. The molecule has 1 saturated heterocycles. The fourth-order valence-electron chi connectivity index (χ4n) is 3.37. The summed E-state index contributed by atoms with van der Waals surface area (Å²) in [6.07, 6.45) is 1.54. The van der Waals surface area contributed by atoms with E-state index in [1.807, 2.05) is 37.3 Å². The molecule has 134 valence electrons. The Bertz CT molecular complexity index is 824. The Kier molecular flexibility index (Phi) is 5.01. The van der Waals surface area contributed by atoms with Gasteiger partial charge in [-0.3, -0.25) is 0 Å². The molecule has 1 heterocycles. The lowest BCUT2D eigenvalue weighted by Crippen LogP contribution is -2.31. The topological polar surface area (TPSA) is 55.8 Å². The monoisotopic (exact) mass is 361 g/mol. The van der Waals surface area contributed by atoms with Gasteiger partial charge in [-0.1, -0.05) is 23.8 Å². The van der Waals surface area contributed by atoms with Crippen LogP contribution in [0.5, 0.6) is 11.5 Å². The van der Waals surface area contributed by atoms with Crippen LogP contribution in [0.15, 0.2) is 47.4 Å². The van der Waals surface area contributed by atoms with Crippen molar-refractivity contribution >= 4 is 10.0 Å². The molecule has 0 bridgehead atoms. The van der Waals surface area contributed by atoms with Crippen molar-refractivity contribution < 1.29 is 17.9 Å². The van der Waals surface area contributed by atoms with Gasteiger partial charge in [-0.25, -0.2) is 8.42 Å².